The van der Waals surface area contributed by atoms with E-state index in [0.717, 1.165) is 0 Å². The highest BCUT2D eigenvalue weighted by atomic mass is 79.9. The van der Waals surface area contributed by atoms with E-state index in [4.69, 9.17) is 4.74 Å². The van der Waals surface area contributed by atoms with Crippen LogP contribution in [0.1, 0.15) is 20.3 Å². The molecule has 0 bridgehead atoms. The van der Waals surface area contributed by atoms with Crippen LogP contribution in [0.25, 0.3) is 0 Å². The van der Waals surface area contributed by atoms with Crippen molar-refractivity contribution in [2.75, 3.05) is 6.61 Å². The average molecular weight is 277 g/mol. The zero-order chi connectivity index (χ0) is 11.5. The van der Waals surface area contributed by atoms with E-state index in [1.165, 1.54) is 6.07 Å². The van der Waals surface area contributed by atoms with Crippen molar-refractivity contribution in [1.29, 1.82) is 0 Å². The van der Waals surface area contributed by atoms with Gasteiger partial charge in [0.1, 0.15) is 18.2 Å². The molecule has 1 rings (SSSR count). The van der Waals surface area contributed by atoms with Crippen LogP contribution in [-0.4, -0.2) is 17.3 Å². The van der Waals surface area contributed by atoms with Crippen LogP contribution < -0.4 is 4.74 Å². The molecule has 15 heavy (non-hydrogen) atoms. The van der Waals surface area contributed by atoms with Crippen molar-refractivity contribution < 1.29 is 14.2 Å². The van der Waals surface area contributed by atoms with Gasteiger partial charge >= 0.3 is 0 Å². The minimum atomic E-state index is -0.871. The monoisotopic (exact) mass is 276 g/mol. The zero-order valence-corrected chi connectivity index (χ0v) is 10.3. The van der Waals surface area contributed by atoms with Gasteiger partial charge in [-0.2, -0.15) is 0 Å². The highest BCUT2D eigenvalue weighted by molar-refractivity contribution is 9.10. The normalized spacial score (nSPS) is 14.7. The fourth-order valence-corrected chi connectivity index (χ4v) is 1.15. The topological polar surface area (TPSA) is 29.5 Å². The van der Waals surface area contributed by atoms with Crippen molar-refractivity contribution in [3.63, 3.8) is 0 Å². The molecule has 84 valence electrons. The van der Waals surface area contributed by atoms with Crippen LogP contribution in [0.2, 0.25) is 0 Å². The summed E-state index contributed by atoms with van der Waals surface area (Å²) >= 11 is 3.05. The molecule has 0 saturated heterocycles. The standard InChI is InChI=1S/C11H14BrFO2/c1-3-11(2,14)7-15-8-4-5-9(12)10(13)6-8/h4-6,14H,3,7H2,1-2H3. The first-order valence-corrected chi connectivity index (χ1v) is 5.54. The van der Waals surface area contributed by atoms with Crippen LogP contribution in [0.3, 0.4) is 0 Å². The molecule has 0 aromatic heterocycles. The van der Waals surface area contributed by atoms with Crippen molar-refractivity contribution in [1.82, 2.24) is 0 Å². The Bertz CT molecular complexity index is 339. The summed E-state index contributed by atoms with van der Waals surface area (Å²) in [6.45, 7) is 3.71. The lowest BCUT2D eigenvalue weighted by molar-refractivity contribution is 0.00837. The molecule has 1 N–H and O–H groups in total. The van der Waals surface area contributed by atoms with E-state index in [1.54, 1.807) is 19.1 Å². The summed E-state index contributed by atoms with van der Waals surface area (Å²) in [6.07, 6.45) is 0.589. The van der Waals surface area contributed by atoms with Gasteiger partial charge in [0.25, 0.3) is 0 Å². The molecule has 2 nitrogen and oxygen atoms in total. The van der Waals surface area contributed by atoms with Gasteiger partial charge in [-0.15, -0.1) is 0 Å². The lowest BCUT2D eigenvalue weighted by Crippen LogP contribution is -2.31. The van der Waals surface area contributed by atoms with E-state index < -0.39 is 5.60 Å². The number of hydrogen-bond donors (Lipinski definition) is 1. The molecular formula is C11H14BrFO2. The average Bonchev–Trinajstić information content (AvgIpc) is 2.20. The summed E-state index contributed by atoms with van der Waals surface area (Å²) in [5.41, 5.74) is -0.871. The van der Waals surface area contributed by atoms with Gasteiger partial charge in [0, 0.05) is 6.07 Å². The summed E-state index contributed by atoms with van der Waals surface area (Å²) in [5.74, 6) is 0.0491. The van der Waals surface area contributed by atoms with Crippen LogP contribution in [0.15, 0.2) is 22.7 Å². The number of hydrogen-bond acceptors (Lipinski definition) is 2. The van der Waals surface area contributed by atoms with Gasteiger partial charge in [-0.05, 0) is 41.4 Å². The van der Waals surface area contributed by atoms with Crippen LogP contribution in [0.5, 0.6) is 5.75 Å². The van der Waals surface area contributed by atoms with Crippen molar-refractivity contribution in [3.8, 4) is 5.75 Å². The highest BCUT2D eigenvalue weighted by Crippen LogP contribution is 2.22. The second kappa shape index (κ2) is 4.94. The number of rotatable bonds is 4. The Morgan fingerprint density at radius 1 is 1.53 bits per heavy atom. The van der Waals surface area contributed by atoms with Gasteiger partial charge in [0.2, 0.25) is 0 Å². The predicted octanol–water partition coefficient (Wildman–Crippen LogP) is 3.13. The molecule has 1 aromatic carbocycles. The van der Waals surface area contributed by atoms with Gasteiger partial charge in [0.05, 0.1) is 10.1 Å². The summed E-state index contributed by atoms with van der Waals surface area (Å²) in [4.78, 5) is 0. The van der Waals surface area contributed by atoms with Crippen molar-refractivity contribution in [2.24, 2.45) is 0 Å². The number of aliphatic hydroxyl groups is 1. The Morgan fingerprint density at radius 2 is 2.20 bits per heavy atom. The van der Waals surface area contributed by atoms with E-state index in [-0.39, 0.29) is 12.4 Å². The molecule has 0 aliphatic heterocycles. The highest BCUT2D eigenvalue weighted by Gasteiger charge is 2.18. The number of halogens is 2. The van der Waals surface area contributed by atoms with E-state index in [1.807, 2.05) is 6.92 Å². The van der Waals surface area contributed by atoms with Crippen molar-refractivity contribution in [2.45, 2.75) is 25.9 Å². The van der Waals surface area contributed by atoms with Crippen LogP contribution in [0, 0.1) is 5.82 Å². The third kappa shape index (κ3) is 3.80. The third-order valence-corrected chi connectivity index (χ3v) is 2.85. The number of benzene rings is 1. The molecule has 0 fully saturated rings. The molecule has 0 saturated carbocycles. The molecule has 0 heterocycles. The third-order valence-electron chi connectivity index (χ3n) is 2.20. The predicted molar refractivity (Wildman–Crippen MR) is 60.5 cm³/mol. The van der Waals surface area contributed by atoms with E-state index in [0.29, 0.717) is 16.6 Å². The molecular weight excluding hydrogens is 263 g/mol. The lowest BCUT2D eigenvalue weighted by atomic mass is 10.1. The molecule has 0 aliphatic carbocycles. The van der Waals surface area contributed by atoms with Crippen LogP contribution in [-0.2, 0) is 0 Å². The molecule has 0 aliphatic rings. The van der Waals surface area contributed by atoms with Crippen LogP contribution in [0.4, 0.5) is 4.39 Å². The lowest BCUT2D eigenvalue weighted by Gasteiger charge is -2.21. The summed E-state index contributed by atoms with van der Waals surface area (Å²) in [7, 11) is 0. The molecule has 4 heteroatoms. The second-order valence-corrected chi connectivity index (χ2v) is 4.57. The Morgan fingerprint density at radius 3 is 2.73 bits per heavy atom. The fraction of sp³-hybridized carbons (Fsp3) is 0.455. The maximum atomic E-state index is 13.1. The molecule has 1 aromatic rings. The van der Waals surface area contributed by atoms with Gasteiger partial charge < -0.3 is 9.84 Å². The summed E-state index contributed by atoms with van der Waals surface area (Å²) in [5, 5.41) is 9.68. The van der Waals surface area contributed by atoms with Gasteiger partial charge in [0.15, 0.2) is 0 Å². The summed E-state index contributed by atoms with van der Waals surface area (Å²) in [6, 6.07) is 4.51. The molecule has 0 radical (unpaired) electrons. The Balaban J connectivity index is 2.62. The molecule has 0 spiro atoms. The first-order valence-electron chi connectivity index (χ1n) is 4.75. The largest absolute Gasteiger partial charge is 0.490 e. The molecule has 1 atom stereocenters. The Hall–Kier alpha value is -0.610. The van der Waals surface area contributed by atoms with Gasteiger partial charge in [-0.25, -0.2) is 4.39 Å². The van der Waals surface area contributed by atoms with Crippen molar-refractivity contribution >= 4 is 15.9 Å². The van der Waals surface area contributed by atoms with E-state index >= 15 is 0 Å². The molecule has 1 unspecified atom stereocenters. The summed E-state index contributed by atoms with van der Waals surface area (Å²) < 4.78 is 18.8. The maximum Gasteiger partial charge on any atom is 0.141 e. The first-order chi connectivity index (χ1) is 6.94. The smallest absolute Gasteiger partial charge is 0.141 e. The zero-order valence-electron chi connectivity index (χ0n) is 8.76. The van der Waals surface area contributed by atoms with E-state index in [2.05, 4.69) is 15.9 Å². The second-order valence-electron chi connectivity index (χ2n) is 3.72. The minimum absolute atomic E-state index is 0.157. The minimum Gasteiger partial charge on any atom is -0.490 e. The van der Waals surface area contributed by atoms with E-state index in [9.17, 15) is 9.50 Å². The SMILES string of the molecule is CCC(C)(O)COc1ccc(Br)c(F)c1. The first kappa shape index (κ1) is 12.5. The maximum absolute atomic E-state index is 13.1. The quantitative estimate of drug-likeness (QED) is 0.916. The Kier molecular flexibility index (Phi) is 4.11. The van der Waals surface area contributed by atoms with Crippen molar-refractivity contribution in [3.05, 3.63) is 28.5 Å². The van der Waals surface area contributed by atoms with Gasteiger partial charge in [-0.1, -0.05) is 6.92 Å². The van der Waals surface area contributed by atoms with Crippen LogP contribution >= 0.6 is 15.9 Å². The Labute approximate surface area is 97.2 Å². The fourth-order valence-electron chi connectivity index (χ4n) is 0.908. The molecule has 0 amide bonds. The number of ether oxygens (including phenoxy) is 1. The van der Waals surface area contributed by atoms with Gasteiger partial charge in [-0.3, -0.25) is 0 Å².